The molecule has 1 aromatic carbocycles. The van der Waals surface area contributed by atoms with E-state index in [2.05, 4.69) is 30.5 Å². The van der Waals surface area contributed by atoms with E-state index in [0.717, 1.165) is 17.0 Å². The van der Waals surface area contributed by atoms with Gasteiger partial charge in [-0.15, -0.1) is 11.3 Å². The summed E-state index contributed by atoms with van der Waals surface area (Å²) >= 11 is 8.23. The molecule has 1 heterocycles. The van der Waals surface area contributed by atoms with E-state index in [4.69, 9.17) is 17.4 Å². The van der Waals surface area contributed by atoms with Crippen molar-refractivity contribution in [3.8, 4) is 0 Å². The average molecular weight is 307 g/mol. The highest BCUT2D eigenvalue weighted by Gasteiger charge is 2.20. The van der Waals surface area contributed by atoms with Crippen molar-refractivity contribution in [2.24, 2.45) is 5.84 Å². The van der Waals surface area contributed by atoms with Gasteiger partial charge in [-0.3, -0.25) is 11.3 Å². The van der Waals surface area contributed by atoms with Crippen LogP contribution in [0.4, 0.5) is 0 Å². The molecule has 0 aliphatic heterocycles. The molecular formula is C16H19ClN2S. The van der Waals surface area contributed by atoms with E-state index in [0.29, 0.717) is 0 Å². The zero-order valence-corrected chi connectivity index (χ0v) is 13.2. The van der Waals surface area contributed by atoms with E-state index >= 15 is 0 Å². The number of rotatable bonds is 4. The van der Waals surface area contributed by atoms with Crippen LogP contribution in [0, 0.1) is 6.92 Å². The van der Waals surface area contributed by atoms with Gasteiger partial charge < -0.3 is 0 Å². The maximum absolute atomic E-state index is 6.33. The average Bonchev–Trinajstić information content (AvgIpc) is 2.98. The Hall–Kier alpha value is -0.870. The van der Waals surface area contributed by atoms with Crippen molar-refractivity contribution in [2.45, 2.75) is 38.6 Å². The number of fused-ring (bicyclic) bond motifs is 1. The summed E-state index contributed by atoms with van der Waals surface area (Å²) in [5, 5.41) is 0.828. The number of hydrazine groups is 1. The van der Waals surface area contributed by atoms with Crippen LogP contribution in [0.5, 0.6) is 0 Å². The van der Waals surface area contributed by atoms with Crippen molar-refractivity contribution in [1.82, 2.24) is 5.43 Å². The molecule has 0 fully saturated rings. The van der Waals surface area contributed by atoms with Crippen molar-refractivity contribution in [3.05, 3.63) is 55.7 Å². The highest BCUT2D eigenvalue weighted by atomic mass is 35.5. The van der Waals surface area contributed by atoms with Gasteiger partial charge in [-0.1, -0.05) is 23.7 Å². The zero-order valence-electron chi connectivity index (χ0n) is 11.6. The lowest BCUT2D eigenvalue weighted by molar-refractivity contribution is 0.560. The number of nitrogens with two attached hydrogens (primary N) is 1. The predicted octanol–water partition coefficient (Wildman–Crippen LogP) is 3.95. The largest absolute Gasteiger partial charge is 0.271 e. The van der Waals surface area contributed by atoms with E-state index in [-0.39, 0.29) is 6.04 Å². The number of aryl methyl sites for hydroxylation is 3. The first-order valence-corrected chi connectivity index (χ1v) is 8.19. The van der Waals surface area contributed by atoms with Crippen LogP contribution in [0.25, 0.3) is 0 Å². The first-order chi connectivity index (χ1) is 9.67. The van der Waals surface area contributed by atoms with Gasteiger partial charge >= 0.3 is 0 Å². The van der Waals surface area contributed by atoms with E-state index in [9.17, 15) is 0 Å². The predicted molar refractivity (Wildman–Crippen MR) is 86.3 cm³/mol. The van der Waals surface area contributed by atoms with Gasteiger partial charge in [0.05, 0.1) is 6.04 Å². The maximum atomic E-state index is 6.33. The fourth-order valence-electron chi connectivity index (χ4n) is 2.80. The van der Waals surface area contributed by atoms with Crippen LogP contribution >= 0.6 is 22.9 Å². The second-order valence-corrected chi connectivity index (χ2v) is 7.04. The van der Waals surface area contributed by atoms with Crippen molar-refractivity contribution in [3.63, 3.8) is 0 Å². The first-order valence-electron chi connectivity index (χ1n) is 7.00. The van der Waals surface area contributed by atoms with Gasteiger partial charge in [0, 0.05) is 14.8 Å². The Labute approximate surface area is 128 Å². The van der Waals surface area contributed by atoms with Crippen molar-refractivity contribution < 1.29 is 0 Å². The van der Waals surface area contributed by atoms with Crippen molar-refractivity contribution in [1.29, 1.82) is 0 Å². The van der Waals surface area contributed by atoms with Crippen LogP contribution in [0.15, 0.2) is 24.3 Å². The van der Waals surface area contributed by atoms with E-state index in [1.165, 1.54) is 40.1 Å². The topological polar surface area (TPSA) is 38.0 Å². The minimum atomic E-state index is 0.144. The van der Waals surface area contributed by atoms with Gasteiger partial charge in [0.15, 0.2) is 0 Å². The van der Waals surface area contributed by atoms with Gasteiger partial charge in [0.1, 0.15) is 0 Å². The summed E-state index contributed by atoms with van der Waals surface area (Å²) in [7, 11) is 0. The molecule has 0 bridgehead atoms. The standard InChI is InChI=1S/C16H19ClN2S/c1-10-5-6-11(13(17)7-10)8-14(19-18)16-9-12-3-2-4-15(12)20-16/h5-7,9,14,19H,2-4,8,18H2,1H3. The van der Waals surface area contributed by atoms with E-state index < -0.39 is 0 Å². The number of hydrogen-bond donors (Lipinski definition) is 2. The van der Waals surface area contributed by atoms with Crippen LogP contribution in [0.3, 0.4) is 0 Å². The normalized spacial score (nSPS) is 15.3. The summed E-state index contributed by atoms with van der Waals surface area (Å²) < 4.78 is 0. The molecule has 0 saturated heterocycles. The quantitative estimate of drug-likeness (QED) is 0.663. The highest BCUT2D eigenvalue weighted by molar-refractivity contribution is 7.12. The molecule has 3 N–H and O–H groups in total. The molecule has 0 saturated carbocycles. The Kier molecular flexibility index (Phi) is 4.13. The third-order valence-corrected chi connectivity index (χ3v) is 5.65. The Morgan fingerprint density at radius 1 is 1.35 bits per heavy atom. The zero-order chi connectivity index (χ0) is 14.1. The molecule has 106 valence electrons. The Morgan fingerprint density at radius 3 is 2.90 bits per heavy atom. The molecule has 4 heteroatoms. The van der Waals surface area contributed by atoms with Gasteiger partial charge in [0.25, 0.3) is 0 Å². The van der Waals surface area contributed by atoms with Crippen LogP contribution in [-0.4, -0.2) is 0 Å². The lowest BCUT2D eigenvalue weighted by atomic mass is 10.0. The van der Waals surface area contributed by atoms with Crippen LogP contribution in [0.2, 0.25) is 5.02 Å². The first kappa shape index (κ1) is 14.1. The summed E-state index contributed by atoms with van der Waals surface area (Å²) in [6.07, 6.45) is 4.57. The lowest BCUT2D eigenvalue weighted by Gasteiger charge is -2.15. The summed E-state index contributed by atoms with van der Waals surface area (Å²) in [6, 6.07) is 8.68. The van der Waals surface area contributed by atoms with Crippen molar-refractivity contribution in [2.75, 3.05) is 0 Å². The Balaban J connectivity index is 1.82. The third kappa shape index (κ3) is 2.77. The highest BCUT2D eigenvalue weighted by Crippen LogP contribution is 2.35. The summed E-state index contributed by atoms with van der Waals surface area (Å²) in [4.78, 5) is 2.86. The summed E-state index contributed by atoms with van der Waals surface area (Å²) in [6.45, 7) is 2.05. The molecule has 1 aromatic heterocycles. The van der Waals surface area contributed by atoms with Crippen molar-refractivity contribution >= 4 is 22.9 Å². The van der Waals surface area contributed by atoms with Crippen LogP contribution < -0.4 is 11.3 Å². The van der Waals surface area contributed by atoms with Gasteiger partial charge in [-0.2, -0.15) is 0 Å². The molecule has 2 nitrogen and oxygen atoms in total. The van der Waals surface area contributed by atoms with Gasteiger partial charge in [-0.05, 0) is 61.4 Å². The summed E-state index contributed by atoms with van der Waals surface area (Å²) in [5.74, 6) is 5.76. The number of benzene rings is 1. The number of hydrogen-bond acceptors (Lipinski definition) is 3. The molecule has 1 aliphatic rings. The monoisotopic (exact) mass is 306 g/mol. The molecule has 1 unspecified atom stereocenters. The van der Waals surface area contributed by atoms with E-state index in [1.54, 1.807) is 0 Å². The second-order valence-electron chi connectivity index (χ2n) is 5.47. The second kappa shape index (κ2) is 5.86. The molecular weight excluding hydrogens is 288 g/mol. The maximum Gasteiger partial charge on any atom is 0.0594 e. The Bertz CT molecular complexity index is 599. The third-order valence-electron chi connectivity index (χ3n) is 3.94. The summed E-state index contributed by atoms with van der Waals surface area (Å²) in [5.41, 5.74) is 6.80. The number of nitrogens with one attached hydrogen (secondary N) is 1. The van der Waals surface area contributed by atoms with E-state index in [1.807, 2.05) is 17.4 Å². The van der Waals surface area contributed by atoms with Gasteiger partial charge in [-0.25, -0.2) is 0 Å². The number of halogens is 1. The number of thiophene rings is 1. The Morgan fingerprint density at radius 2 is 2.20 bits per heavy atom. The molecule has 0 radical (unpaired) electrons. The fraction of sp³-hybridized carbons (Fsp3) is 0.375. The molecule has 20 heavy (non-hydrogen) atoms. The molecule has 1 aliphatic carbocycles. The van der Waals surface area contributed by atoms with Gasteiger partial charge in [0.2, 0.25) is 0 Å². The fourth-order valence-corrected chi connectivity index (χ4v) is 4.43. The molecule has 0 amide bonds. The SMILES string of the molecule is Cc1ccc(CC(NN)c2cc3c(s2)CCC3)c(Cl)c1. The smallest absolute Gasteiger partial charge is 0.0594 e. The minimum Gasteiger partial charge on any atom is -0.271 e. The molecule has 3 rings (SSSR count). The lowest BCUT2D eigenvalue weighted by Crippen LogP contribution is -2.29. The van der Waals surface area contributed by atoms with Crippen LogP contribution in [0.1, 0.15) is 38.9 Å². The van der Waals surface area contributed by atoms with Crippen LogP contribution in [-0.2, 0) is 19.3 Å². The molecule has 2 aromatic rings. The minimum absolute atomic E-state index is 0.144. The molecule has 0 spiro atoms. The molecule has 1 atom stereocenters.